The maximum atomic E-state index is 12.4. The summed E-state index contributed by atoms with van der Waals surface area (Å²) in [7, 11) is 0. The number of aromatic nitrogens is 1. The van der Waals surface area contributed by atoms with Crippen molar-refractivity contribution < 1.29 is 4.79 Å². The first-order valence-electron chi connectivity index (χ1n) is 7.73. The van der Waals surface area contributed by atoms with Crippen molar-refractivity contribution in [3.05, 3.63) is 62.8 Å². The van der Waals surface area contributed by atoms with Gasteiger partial charge in [-0.2, -0.15) is 5.26 Å². The molecule has 1 aliphatic heterocycles. The van der Waals surface area contributed by atoms with Gasteiger partial charge in [-0.15, -0.1) is 11.3 Å². The molecule has 2 N–H and O–H groups in total. The first-order valence-corrected chi connectivity index (χ1v) is 8.92. The van der Waals surface area contributed by atoms with Gasteiger partial charge >= 0.3 is 0 Å². The van der Waals surface area contributed by atoms with E-state index in [4.69, 9.17) is 11.6 Å². The molecule has 3 rings (SSSR count). The van der Waals surface area contributed by atoms with Crippen molar-refractivity contribution in [3.63, 3.8) is 0 Å². The maximum Gasteiger partial charge on any atom is 0.265 e. The summed E-state index contributed by atoms with van der Waals surface area (Å²) < 4.78 is 0.480. The van der Waals surface area contributed by atoms with Crippen molar-refractivity contribution in [2.45, 2.75) is 13.1 Å². The molecule has 0 spiro atoms. The first kappa shape index (κ1) is 17.3. The van der Waals surface area contributed by atoms with E-state index < -0.39 is 0 Å². The predicted octanol–water partition coefficient (Wildman–Crippen LogP) is 2.25. The first-order chi connectivity index (χ1) is 12.2. The van der Waals surface area contributed by atoms with E-state index in [2.05, 4.69) is 15.6 Å². The van der Waals surface area contributed by atoms with Gasteiger partial charge in [0.15, 0.2) is 10.0 Å². The molecule has 128 valence electrons. The van der Waals surface area contributed by atoms with Crippen LogP contribution in [-0.4, -0.2) is 28.9 Å². The molecule has 0 radical (unpaired) electrons. The Balaban J connectivity index is 1.72. The molecule has 1 amide bonds. The number of nitrogens with zero attached hydrogens (tertiary/aromatic N) is 3. The van der Waals surface area contributed by atoms with Gasteiger partial charge in [0.2, 0.25) is 0 Å². The molecule has 1 aliphatic rings. The molecule has 2 heterocycles. The van der Waals surface area contributed by atoms with Gasteiger partial charge in [0.05, 0.1) is 6.54 Å². The minimum atomic E-state index is -0.386. The highest BCUT2D eigenvalue weighted by molar-refractivity contribution is 7.15. The Bertz CT molecular complexity index is 827. The lowest BCUT2D eigenvalue weighted by molar-refractivity contribution is -0.117. The van der Waals surface area contributed by atoms with Crippen molar-refractivity contribution in [1.29, 1.82) is 5.26 Å². The molecule has 8 heteroatoms. The molecule has 0 unspecified atom stereocenters. The third-order valence-electron chi connectivity index (χ3n) is 3.73. The fourth-order valence-electron chi connectivity index (χ4n) is 2.56. The fraction of sp³-hybridized carbons (Fsp3) is 0.235. The summed E-state index contributed by atoms with van der Waals surface area (Å²) in [5.74, 6) is 0.167. The third-order valence-corrected chi connectivity index (χ3v) is 4.83. The maximum absolute atomic E-state index is 12.4. The van der Waals surface area contributed by atoms with Crippen molar-refractivity contribution in [3.8, 4) is 6.07 Å². The van der Waals surface area contributed by atoms with Crippen LogP contribution < -0.4 is 10.6 Å². The second-order valence-corrected chi connectivity index (χ2v) is 7.13. The van der Waals surface area contributed by atoms with E-state index in [1.165, 1.54) is 11.3 Å². The van der Waals surface area contributed by atoms with Crippen LogP contribution in [0.5, 0.6) is 0 Å². The zero-order chi connectivity index (χ0) is 17.6. The van der Waals surface area contributed by atoms with Crippen LogP contribution in [0.15, 0.2) is 47.9 Å². The molecule has 0 aliphatic carbocycles. The Morgan fingerprint density at radius 3 is 2.92 bits per heavy atom. The van der Waals surface area contributed by atoms with Crippen molar-refractivity contribution >= 4 is 28.8 Å². The molecule has 0 saturated carbocycles. The lowest BCUT2D eigenvalue weighted by Gasteiger charge is -2.19. The summed E-state index contributed by atoms with van der Waals surface area (Å²) in [4.78, 5) is 19.4. The van der Waals surface area contributed by atoms with E-state index in [0.29, 0.717) is 36.5 Å². The number of benzene rings is 1. The van der Waals surface area contributed by atoms with Crippen molar-refractivity contribution in [2.24, 2.45) is 0 Å². The monoisotopic (exact) mass is 373 g/mol. The van der Waals surface area contributed by atoms with Crippen LogP contribution in [0.4, 0.5) is 0 Å². The number of hydrogen-bond acceptors (Lipinski definition) is 6. The molecular weight excluding hydrogens is 358 g/mol. The number of nitriles is 1. The number of hydrogen-bond donors (Lipinski definition) is 2. The predicted molar refractivity (Wildman–Crippen MR) is 96.5 cm³/mol. The quantitative estimate of drug-likeness (QED) is 0.620. The van der Waals surface area contributed by atoms with Crippen molar-refractivity contribution in [1.82, 2.24) is 20.5 Å². The number of nitrogens with one attached hydrogen (secondary N) is 2. The molecular formula is C17H16ClN5OS. The van der Waals surface area contributed by atoms with Crippen molar-refractivity contribution in [2.75, 3.05) is 13.1 Å². The van der Waals surface area contributed by atoms with Gasteiger partial charge in [-0.1, -0.05) is 41.9 Å². The summed E-state index contributed by atoms with van der Waals surface area (Å²) >= 11 is 7.26. The molecule has 0 bridgehead atoms. The van der Waals surface area contributed by atoms with Crippen LogP contribution >= 0.6 is 22.9 Å². The van der Waals surface area contributed by atoms with Gasteiger partial charge < -0.3 is 15.5 Å². The Morgan fingerprint density at radius 1 is 1.44 bits per heavy atom. The smallest absolute Gasteiger partial charge is 0.265 e. The summed E-state index contributed by atoms with van der Waals surface area (Å²) in [6, 6.07) is 11.6. The zero-order valence-corrected chi connectivity index (χ0v) is 14.9. The molecule has 1 aromatic heterocycles. The Hall–Kier alpha value is -2.56. The number of rotatable bonds is 5. The fourth-order valence-corrected chi connectivity index (χ4v) is 3.55. The second-order valence-electron chi connectivity index (χ2n) is 5.43. The second kappa shape index (κ2) is 8.01. The van der Waals surface area contributed by atoms with Gasteiger partial charge in [0.25, 0.3) is 5.91 Å². The van der Waals surface area contributed by atoms with E-state index in [-0.39, 0.29) is 11.5 Å². The van der Waals surface area contributed by atoms with E-state index in [9.17, 15) is 10.1 Å². The molecule has 1 aromatic carbocycles. The number of carbonyl (C=O) groups is 1. The van der Waals surface area contributed by atoms with Crippen LogP contribution in [0.25, 0.3) is 0 Å². The summed E-state index contributed by atoms with van der Waals surface area (Å²) in [6.45, 7) is 2.33. The Labute approximate surface area is 154 Å². The highest BCUT2D eigenvalue weighted by Gasteiger charge is 2.25. The zero-order valence-electron chi connectivity index (χ0n) is 13.3. The van der Waals surface area contributed by atoms with E-state index in [1.807, 2.05) is 41.3 Å². The van der Waals surface area contributed by atoms with Crippen LogP contribution in [0.3, 0.4) is 0 Å². The van der Waals surface area contributed by atoms with Crippen LogP contribution in [-0.2, 0) is 17.9 Å². The lowest BCUT2D eigenvalue weighted by atomic mass is 10.2. The highest BCUT2D eigenvalue weighted by atomic mass is 35.5. The van der Waals surface area contributed by atoms with E-state index in [0.717, 1.165) is 10.4 Å². The molecule has 6 nitrogen and oxygen atoms in total. The normalized spacial score (nSPS) is 15.4. The lowest BCUT2D eigenvalue weighted by Crippen LogP contribution is -2.29. The minimum Gasteiger partial charge on any atom is -0.369 e. The highest BCUT2D eigenvalue weighted by Crippen LogP contribution is 2.22. The Kier molecular flexibility index (Phi) is 5.53. The average Bonchev–Trinajstić information content (AvgIpc) is 3.24. The number of halogens is 1. The van der Waals surface area contributed by atoms with Gasteiger partial charge in [0.1, 0.15) is 11.9 Å². The van der Waals surface area contributed by atoms with Gasteiger partial charge in [0, 0.05) is 30.7 Å². The summed E-state index contributed by atoms with van der Waals surface area (Å²) in [6.07, 6.45) is 1.71. The number of amides is 1. The number of carbonyl (C=O) groups excluding carboxylic acids is 1. The van der Waals surface area contributed by atoms with E-state index in [1.54, 1.807) is 6.20 Å². The molecule has 25 heavy (non-hydrogen) atoms. The largest absolute Gasteiger partial charge is 0.369 e. The van der Waals surface area contributed by atoms with Gasteiger partial charge in [-0.05, 0) is 5.56 Å². The molecule has 1 saturated heterocycles. The van der Waals surface area contributed by atoms with Gasteiger partial charge in [-0.3, -0.25) is 4.79 Å². The van der Waals surface area contributed by atoms with Gasteiger partial charge in [-0.25, -0.2) is 4.98 Å². The van der Waals surface area contributed by atoms with Crippen LogP contribution in [0.2, 0.25) is 4.47 Å². The molecule has 2 aromatic rings. The van der Waals surface area contributed by atoms with E-state index >= 15 is 0 Å². The SMILES string of the molecule is N#C/C(C(=O)NCc1ccccc1)=C1\NCCN1Cc1cnc(Cl)s1. The summed E-state index contributed by atoms with van der Waals surface area (Å²) in [5, 5.41) is 15.4. The Morgan fingerprint density at radius 2 is 2.24 bits per heavy atom. The third kappa shape index (κ3) is 4.29. The summed E-state index contributed by atoms with van der Waals surface area (Å²) in [5.41, 5.74) is 1.07. The van der Waals surface area contributed by atoms with Crippen LogP contribution in [0.1, 0.15) is 10.4 Å². The molecule has 1 fully saturated rings. The average molecular weight is 374 g/mol. The molecule has 0 atom stereocenters. The standard InChI is InChI=1S/C17H16ClN5OS/c18-17-22-10-13(25-17)11-23-7-6-20-15(23)14(8-19)16(24)21-9-12-4-2-1-3-5-12/h1-5,10,20H,6-7,9,11H2,(H,21,24)/b15-14-. The minimum absolute atomic E-state index is 0.0871. The topological polar surface area (TPSA) is 81.0 Å². The van der Waals surface area contributed by atoms with Crippen LogP contribution in [0, 0.1) is 11.3 Å². The number of thiazole rings is 1.